The van der Waals surface area contributed by atoms with Gasteiger partial charge in [0, 0.05) is 5.92 Å². The van der Waals surface area contributed by atoms with Gasteiger partial charge < -0.3 is 0 Å². The summed E-state index contributed by atoms with van der Waals surface area (Å²) in [6.07, 6.45) is 0.890. The first-order valence-corrected chi connectivity index (χ1v) is 5.18. The van der Waals surface area contributed by atoms with Crippen LogP contribution in [0.4, 0.5) is 0 Å². The van der Waals surface area contributed by atoms with Gasteiger partial charge in [0.1, 0.15) is 0 Å². The second-order valence-corrected chi connectivity index (χ2v) is 5.30. The van der Waals surface area contributed by atoms with Crippen molar-refractivity contribution in [2.75, 3.05) is 0 Å². The third-order valence-corrected chi connectivity index (χ3v) is 1.76. The molecule has 3 heteroatoms. The van der Waals surface area contributed by atoms with E-state index in [0.29, 0.717) is 0 Å². The third kappa shape index (κ3) is 6.89. The Kier molecular flexibility index (Phi) is 5.13. The Morgan fingerprint density at radius 3 is 2.14 bits per heavy atom. The van der Waals surface area contributed by atoms with Crippen molar-refractivity contribution in [2.24, 2.45) is 11.3 Å². The van der Waals surface area contributed by atoms with Gasteiger partial charge in [-0.05, 0) is 25.7 Å². The van der Waals surface area contributed by atoms with Gasteiger partial charge in [-0.25, -0.2) is 5.48 Å². The first-order valence-electron chi connectivity index (χ1n) is 5.18. The predicted molar refractivity (Wildman–Crippen MR) is 57.6 cm³/mol. The van der Waals surface area contributed by atoms with Crippen LogP contribution in [0, 0.1) is 11.3 Å². The zero-order valence-corrected chi connectivity index (χ0v) is 10.2. The van der Waals surface area contributed by atoms with E-state index in [1.165, 1.54) is 0 Å². The van der Waals surface area contributed by atoms with E-state index < -0.39 is 0 Å². The molecule has 0 heterocycles. The summed E-state index contributed by atoms with van der Waals surface area (Å²) in [6, 6.07) is 0. The van der Waals surface area contributed by atoms with Gasteiger partial charge in [0.2, 0.25) is 5.91 Å². The van der Waals surface area contributed by atoms with E-state index >= 15 is 0 Å². The van der Waals surface area contributed by atoms with E-state index in [0.717, 1.165) is 6.42 Å². The lowest BCUT2D eigenvalue weighted by Crippen LogP contribution is -2.33. The number of hydrogen-bond acceptors (Lipinski definition) is 2. The molecule has 1 N–H and O–H groups in total. The van der Waals surface area contributed by atoms with Gasteiger partial charge in [-0.15, -0.1) is 0 Å². The lowest BCUT2D eigenvalue weighted by atomic mass is 9.85. The summed E-state index contributed by atoms with van der Waals surface area (Å²) in [7, 11) is 0. The summed E-state index contributed by atoms with van der Waals surface area (Å²) in [5.41, 5.74) is 2.64. The highest BCUT2D eigenvalue weighted by Gasteiger charge is 2.20. The van der Waals surface area contributed by atoms with Crippen molar-refractivity contribution < 1.29 is 9.63 Å². The van der Waals surface area contributed by atoms with E-state index in [1.807, 2.05) is 20.8 Å². The number of nitrogens with one attached hydrogen (secondary N) is 1. The highest BCUT2D eigenvalue weighted by molar-refractivity contribution is 5.77. The molecule has 0 spiro atoms. The van der Waals surface area contributed by atoms with Gasteiger partial charge in [-0.2, -0.15) is 0 Å². The number of carbonyl (C=O) groups is 1. The summed E-state index contributed by atoms with van der Waals surface area (Å²) in [4.78, 5) is 16.5. The maximum atomic E-state index is 11.5. The molecule has 0 aliphatic heterocycles. The van der Waals surface area contributed by atoms with Crippen LogP contribution in [0.15, 0.2) is 0 Å². The third-order valence-electron chi connectivity index (χ3n) is 1.76. The van der Waals surface area contributed by atoms with Crippen LogP contribution in [0.1, 0.15) is 48.0 Å². The van der Waals surface area contributed by atoms with E-state index in [9.17, 15) is 4.79 Å². The van der Waals surface area contributed by atoms with Crippen LogP contribution >= 0.6 is 0 Å². The van der Waals surface area contributed by atoms with Crippen molar-refractivity contribution in [1.82, 2.24) is 5.48 Å². The van der Waals surface area contributed by atoms with E-state index in [4.69, 9.17) is 4.84 Å². The fourth-order valence-electron chi connectivity index (χ4n) is 1.29. The Bertz CT molecular complexity index is 182. The Labute approximate surface area is 87.2 Å². The molecular weight excluding hydrogens is 178 g/mol. The molecule has 0 fully saturated rings. The van der Waals surface area contributed by atoms with Crippen molar-refractivity contribution in [3.63, 3.8) is 0 Å². The van der Waals surface area contributed by atoms with Crippen molar-refractivity contribution in [3.05, 3.63) is 0 Å². The topological polar surface area (TPSA) is 38.3 Å². The molecule has 0 aliphatic carbocycles. The minimum Gasteiger partial charge on any atom is -0.273 e. The lowest BCUT2D eigenvalue weighted by Gasteiger charge is -2.22. The number of rotatable bonds is 4. The van der Waals surface area contributed by atoms with Crippen molar-refractivity contribution in [2.45, 2.75) is 54.1 Å². The molecule has 0 rings (SSSR count). The number of amides is 1. The van der Waals surface area contributed by atoms with Gasteiger partial charge in [0.15, 0.2) is 0 Å². The zero-order chi connectivity index (χ0) is 11.4. The molecule has 0 saturated heterocycles. The monoisotopic (exact) mass is 201 g/mol. The second-order valence-electron chi connectivity index (χ2n) is 5.30. The normalized spacial score (nSPS) is 14.2. The first-order chi connectivity index (χ1) is 6.22. The smallest absolute Gasteiger partial charge is 0.246 e. The average Bonchev–Trinajstić information content (AvgIpc) is 1.96. The summed E-state index contributed by atoms with van der Waals surface area (Å²) in [5.74, 6) is -0.0395. The molecular formula is C11H23NO2. The highest BCUT2D eigenvalue weighted by Crippen LogP contribution is 2.24. The maximum absolute atomic E-state index is 11.5. The largest absolute Gasteiger partial charge is 0.273 e. The van der Waals surface area contributed by atoms with Gasteiger partial charge in [-0.1, -0.05) is 27.7 Å². The van der Waals surface area contributed by atoms with E-state index in [1.54, 1.807) is 0 Å². The minimum atomic E-state index is -0.0337. The molecule has 0 aromatic heterocycles. The van der Waals surface area contributed by atoms with Crippen molar-refractivity contribution >= 4 is 5.91 Å². The molecule has 0 bridgehead atoms. The number of hydroxylamine groups is 1. The molecule has 1 atom stereocenters. The van der Waals surface area contributed by atoms with E-state index in [2.05, 4.69) is 26.3 Å². The summed E-state index contributed by atoms with van der Waals surface area (Å²) >= 11 is 0. The Balaban J connectivity index is 3.88. The van der Waals surface area contributed by atoms with Crippen LogP contribution in [0.2, 0.25) is 0 Å². The molecule has 14 heavy (non-hydrogen) atoms. The molecule has 3 nitrogen and oxygen atoms in total. The average molecular weight is 201 g/mol. The van der Waals surface area contributed by atoms with Crippen LogP contribution in [0.25, 0.3) is 0 Å². The molecule has 84 valence electrons. The molecule has 1 amide bonds. The predicted octanol–water partition coefficient (Wildman–Crippen LogP) is 2.51. The molecule has 0 unspecified atom stereocenters. The lowest BCUT2D eigenvalue weighted by molar-refractivity contribution is -0.141. The van der Waals surface area contributed by atoms with Gasteiger partial charge in [0.05, 0.1) is 6.10 Å². The number of carbonyl (C=O) groups excluding carboxylic acids is 1. The SMILES string of the molecule is CC(C)ONC(=O)[C@@H](C)CC(C)(C)C. The molecule has 0 aromatic carbocycles. The summed E-state index contributed by atoms with van der Waals surface area (Å²) in [5, 5.41) is 0. The standard InChI is InChI=1S/C11H23NO2/c1-8(2)14-12-10(13)9(3)7-11(4,5)6/h8-9H,7H2,1-6H3,(H,12,13)/t9-/m0/s1. The molecule has 0 radical (unpaired) electrons. The molecule has 0 saturated carbocycles. The zero-order valence-electron chi connectivity index (χ0n) is 10.2. The van der Waals surface area contributed by atoms with Crippen LogP contribution < -0.4 is 5.48 Å². The number of hydrogen-bond donors (Lipinski definition) is 1. The van der Waals surface area contributed by atoms with E-state index in [-0.39, 0.29) is 23.3 Å². The molecule has 0 aliphatic rings. The molecule has 0 aromatic rings. The van der Waals surface area contributed by atoms with Gasteiger partial charge in [0.25, 0.3) is 0 Å². The minimum absolute atomic E-state index is 0.00579. The van der Waals surface area contributed by atoms with Crippen LogP contribution in [0.5, 0.6) is 0 Å². The Morgan fingerprint density at radius 1 is 1.29 bits per heavy atom. The quantitative estimate of drug-likeness (QED) is 0.710. The summed E-state index contributed by atoms with van der Waals surface area (Å²) < 4.78 is 0. The van der Waals surface area contributed by atoms with Gasteiger partial charge >= 0.3 is 0 Å². The Hall–Kier alpha value is -0.570. The highest BCUT2D eigenvalue weighted by atomic mass is 16.7. The Morgan fingerprint density at radius 2 is 1.79 bits per heavy atom. The summed E-state index contributed by atoms with van der Waals surface area (Å²) in [6.45, 7) is 12.1. The van der Waals surface area contributed by atoms with Gasteiger partial charge in [-0.3, -0.25) is 9.63 Å². The van der Waals surface area contributed by atoms with Crippen molar-refractivity contribution in [1.29, 1.82) is 0 Å². The maximum Gasteiger partial charge on any atom is 0.246 e. The fourth-order valence-corrected chi connectivity index (χ4v) is 1.29. The van der Waals surface area contributed by atoms with Crippen LogP contribution in [-0.2, 0) is 9.63 Å². The first kappa shape index (κ1) is 13.4. The second kappa shape index (κ2) is 5.35. The fraction of sp³-hybridized carbons (Fsp3) is 0.909. The van der Waals surface area contributed by atoms with Crippen LogP contribution in [0.3, 0.4) is 0 Å². The van der Waals surface area contributed by atoms with Crippen LogP contribution in [-0.4, -0.2) is 12.0 Å². The van der Waals surface area contributed by atoms with Crippen molar-refractivity contribution in [3.8, 4) is 0 Å².